The van der Waals surface area contributed by atoms with E-state index in [2.05, 4.69) is 56.0 Å². The third-order valence-corrected chi connectivity index (χ3v) is 4.72. The number of piperidine rings is 1. The number of nitrogens with two attached hydrogens (primary N) is 1. The first-order valence-corrected chi connectivity index (χ1v) is 7.55. The standard InChI is InChI=1S/C17H28N2/c1-14-9-10-15(2)19(11-14)13-17(3,12-18)16-7-5-4-6-8-16/h4-8,14-15H,9-13,18H2,1-3H3. The van der Waals surface area contributed by atoms with Crippen molar-refractivity contribution in [1.82, 2.24) is 4.90 Å². The number of benzene rings is 1. The number of rotatable bonds is 4. The van der Waals surface area contributed by atoms with Gasteiger partial charge in [-0.15, -0.1) is 0 Å². The molecule has 0 aliphatic carbocycles. The lowest BCUT2D eigenvalue weighted by Crippen LogP contribution is -2.50. The third kappa shape index (κ3) is 3.37. The number of likely N-dealkylation sites (tertiary alicyclic amines) is 1. The van der Waals surface area contributed by atoms with Crippen LogP contribution >= 0.6 is 0 Å². The van der Waals surface area contributed by atoms with Gasteiger partial charge < -0.3 is 5.73 Å². The van der Waals surface area contributed by atoms with Gasteiger partial charge in [0, 0.05) is 31.1 Å². The van der Waals surface area contributed by atoms with Crippen LogP contribution in [0.5, 0.6) is 0 Å². The topological polar surface area (TPSA) is 29.3 Å². The predicted octanol–water partition coefficient (Wildman–Crippen LogP) is 3.02. The van der Waals surface area contributed by atoms with Crippen molar-refractivity contribution < 1.29 is 0 Å². The molecule has 3 atom stereocenters. The van der Waals surface area contributed by atoms with Crippen LogP contribution in [0, 0.1) is 5.92 Å². The van der Waals surface area contributed by atoms with Crippen molar-refractivity contribution in [2.45, 2.75) is 45.1 Å². The van der Waals surface area contributed by atoms with Crippen LogP contribution in [0.15, 0.2) is 30.3 Å². The summed E-state index contributed by atoms with van der Waals surface area (Å²) in [6.07, 6.45) is 2.68. The molecule has 1 saturated heterocycles. The van der Waals surface area contributed by atoms with Gasteiger partial charge in [0.1, 0.15) is 0 Å². The van der Waals surface area contributed by atoms with Gasteiger partial charge in [0.2, 0.25) is 0 Å². The molecule has 1 heterocycles. The van der Waals surface area contributed by atoms with Crippen molar-refractivity contribution in [3.63, 3.8) is 0 Å². The fourth-order valence-corrected chi connectivity index (χ4v) is 3.16. The van der Waals surface area contributed by atoms with Crippen LogP contribution in [0.1, 0.15) is 39.2 Å². The Bertz CT molecular complexity index is 390. The highest BCUT2D eigenvalue weighted by Crippen LogP contribution is 2.28. The quantitative estimate of drug-likeness (QED) is 0.901. The van der Waals surface area contributed by atoms with Gasteiger partial charge in [-0.2, -0.15) is 0 Å². The zero-order valence-corrected chi connectivity index (χ0v) is 12.6. The van der Waals surface area contributed by atoms with Crippen molar-refractivity contribution in [3.8, 4) is 0 Å². The highest BCUT2D eigenvalue weighted by Gasteiger charge is 2.32. The van der Waals surface area contributed by atoms with Gasteiger partial charge in [0.25, 0.3) is 0 Å². The largest absolute Gasteiger partial charge is 0.330 e. The molecule has 0 radical (unpaired) electrons. The molecule has 2 N–H and O–H groups in total. The Morgan fingerprint density at radius 2 is 1.89 bits per heavy atom. The van der Waals surface area contributed by atoms with E-state index in [0.29, 0.717) is 12.6 Å². The maximum atomic E-state index is 6.11. The highest BCUT2D eigenvalue weighted by atomic mass is 15.2. The Hall–Kier alpha value is -0.860. The lowest BCUT2D eigenvalue weighted by Gasteiger charge is -2.42. The second kappa shape index (κ2) is 6.06. The van der Waals surface area contributed by atoms with Crippen LogP contribution in [0.2, 0.25) is 0 Å². The molecule has 106 valence electrons. The van der Waals surface area contributed by atoms with Crippen LogP contribution in [0.4, 0.5) is 0 Å². The fraction of sp³-hybridized carbons (Fsp3) is 0.647. The maximum Gasteiger partial charge on any atom is 0.0174 e. The van der Waals surface area contributed by atoms with Gasteiger partial charge in [-0.05, 0) is 31.2 Å². The molecule has 0 aromatic heterocycles. The summed E-state index contributed by atoms with van der Waals surface area (Å²) >= 11 is 0. The zero-order chi connectivity index (χ0) is 13.9. The number of hydrogen-bond donors (Lipinski definition) is 1. The fourth-order valence-electron chi connectivity index (χ4n) is 3.16. The molecule has 2 heteroatoms. The molecule has 1 aromatic carbocycles. The van der Waals surface area contributed by atoms with Crippen molar-refractivity contribution in [3.05, 3.63) is 35.9 Å². The molecular formula is C17H28N2. The van der Waals surface area contributed by atoms with Gasteiger partial charge in [-0.1, -0.05) is 44.2 Å². The van der Waals surface area contributed by atoms with Crippen molar-refractivity contribution >= 4 is 0 Å². The monoisotopic (exact) mass is 260 g/mol. The summed E-state index contributed by atoms with van der Waals surface area (Å²) in [6.45, 7) is 10.0. The minimum absolute atomic E-state index is 0.0621. The molecule has 1 aromatic rings. The molecule has 0 saturated carbocycles. The van der Waals surface area contributed by atoms with E-state index in [4.69, 9.17) is 5.73 Å². The number of nitrogens with zero attached hydrogens (tertiary/aromatic N) is 1. The molecule has 0 amide bonds. The molecule has 1 aliphatic rings. The SMILES string of the molecule is CC1CCC(C)N(CC(C)(CN)c2ccccc2)C1. The summed E-state index contributed by atoms with van der Waals surface area (Å²) in [6, 6.07) is 11.4. The van der Waals surface area contributed by atoms with Crippen molar-refractivity contribution in [2.24, 2.45) is 11.7 Å². The average Bonchev–Trinajstić information content (AvgIpc) is 2.44. The maximum absolute atomic E-state index is 6.11. The first-order chi connectivity index (χ1) is 9.05. The summed E-state index contributed by atoms with van der Waals surface area (Å²) in [7, 11) is 0. The molecular weight excluding hydrogens is 232 g/mol. The third-order valence-electron chi connectivity index (χ3n) is 4.72. The molecule has 1 fully saturated rings. The normalized spacial score (nSPS) is 28.0. The lowest BCUT2D eigenvalue weighted by atomic mass is 9.80. The molecule has 0 bridgehead atoms. The minimum atomic E-state index is 0.0621. The van der Waals surface area contributed by atoms with E-state index in [1.807, 2.05) is 0 Å². The predicted molar refractivity (Wildman–Crippen MR) is 82.3 cm³/mol. The summed E-state index contributed by atoms with van der Waals surface area (Å²) in [5, 5.41) is 0. The Kier molecular flexibility index (Phi) is 4.64. The van der Waals surface area contributed by atoms with Crippen LogP contribution in [0.3, 0.4) is 0 Å². The van der Waals surface area contributed by atoms with Crippen molar-refractivity contribution in [2.75, 3.05) is 19.6 Å². The number of hydrogen-bond acceptors (Lipinski definition) is 2. The van der Waals surface area contributed by atoms with E-state index in [0.717, 1.165) is 12.5 Å². The molecule has 19 heavy (non-hydrogen) atoms. The van der Waals surface area contributed by atoms with Gasteiger partial charge >= 0.3 is 0 Å². The second-order valence-corrected chi connectivity index (χ2v) is 6.59. The Labute approximate surface area is 118 Å². The average molecular weight is 260 g/mol. The van der Waals surface area contributed by atoms with Crippen LogP contribution in [-0.4, -0.2) is 30.6 Å². The molecule has 2 rings (SSSR count). The van der Waals surface area contributed by atoms with Gasteiger partial charge in [-0.3, -0.25) is 4.90 Å². The first-order valence-electron chi connectivity index (χ1n) is 7.55. The van der Waals surface area contributed by atoms with E-state index in [1.54, 1.807) is 0 Å². The van der Waals surface area contributed by atoms with Crippen LogP contribution in [0.25, 0.3) is 0 Å². The summed E-state index contributed by atoms with van der Waals surface area (Å²) in [5.74, 6) is 0.814. The Balaban J connectivity index is 2.14. The lowest BCUT2D eigenvalue weighted by molar-refractivity contribution is 0.0994. The highest BCUT2D eigenvalue weighted by molar-refractivity contribution is 5.25. The second-order valence-electron chi connectivity index (χ2n) is 6.59. The van der Waals surface area contributed by atoms with E-state index in [-0.39, 0.29) is 5.41 Å². The minimum Gasteiger partial charge on any atom is -0.330 e. The Morgan fingerprint density at radius 1 is 1.21 bits per heavy atom. The van der Waals surface area contributed by atoms with E-state index in [9.17, 15) is 0 Å². The summed E-state index contributed by atoms with van der Waals surface area (Å²) in [4.78, 5) is 2.63. The van der Waals surface area contributed by atoms with E-state index in [1.165, 1.54) is 24.9 Å². The molecule has 2 nitrogen and oxygen atoms in total. The zero-order valence-electron chi connectivity index (χ0n) is 12.6. The van der Waals surface area contributed by atoms with E-state index < -0.39 is 0 Å². The van der Waals surface area contributed by atoms with Gasteiger partial charge in [0.15, 0.2) is 0 Å². The van der Waals surface area contributed by atoms with Crippen LogP contribution in [-0.2, 0) is 5.41 Å². The summed E-state index contributed by atoms with van der Waals surface area (Å²) < 4.78 is 0. The van der Waals surface area contributed by atoms with E-state index >= 15 is 0 Å². The smallest absolute Gasteiger partial charge is 0.0174 e. The molecule has 3 unspecified atom stereocenters. The first kappa shape index (κ1) is 14.5. The van der Waals surface area contributed by atoms with Crippen LogP contribution < -0.4 is 5.73 Å². The van der Waals surface area contributed by atoms with Gasteiger partial charge in [0.05, 0.1) is 0 Å². The van der Waals surface area contributed by atoms with Gasteiger partial charge in [-0.25, -0.2) is 0 Å². The Morgan fingerprint density at radius 3 is 2.53 bits per heavy atom. The molecule has 0 spiro atoms. The van der Waals surface area contributed by atoms with Crippen molar-refractivity contribution in [1.29, 1.82) is 0 Å². The molecule has 1 aliphatic heterocycles. The summed E-state index contributed by atoms with van der Waals surface area (Å²) in [5.41, 5.74) is 7.54.